The van der Waals surface area contributed by atoms with Crippen LogP contribution in [0.3, 0.4) is 0 Å². The van der Waals surface area contributed by atoms with Crippen molar-refractivity contribution in [2.24, 2.45) is 11.8 Å². The maximum atomic E-state index is 14.0. The molecule has 1 aromatic carbocycles. The molecule has 3 aromatic rings. The van der Waals surface area contributed by atoms with E-state index >= 15 is 0 Å². The highest BCUT2D eigenvalue weighted by molar-refractivity contribution is 5.72. The second-order valence-corrected chi connectivity index (χ2v) is 7.42. The van der Waals surface area contributed by atoms with Crippen molar-refractivity contribution in [3.63, 3.8) is 0 Å². The smallest absolute Gasteiger partial charge is 0.148 e. The lowest BCUT2D eigenvalue weighted by Gasteiger charge is -2.26. The topological polar surface area (TPSA) is 55.6 Å². The zero-order chi connectivity index (χ0) is 18.6. The molecule has 0 aliphatic heterocycles. The van der Waals surface area contributed by atoms with E-state index in [1.54, 1.807) is 41.5 Å². The van der Waals surface area contributed by atoms with Crippen molar-refractivity contribution in [1.82, 2.24) is 19.7 Å². The molecule has 1 fully saturated rings. The summed E-state index contributed by atoms with van der Waals surface area (Å²) in [5.41, 5.74) is 2.94. The van der Waals surface area contributed by atoms with Crippen LogP contribution in [0.4, 0.5) is 10.1 Å². The van der Waals surface area contributed by atoms with Crippen molar-refractivity contribution >= 4 is 5.69 Å². The van der Waals surface area contributed by atoms with E-state index in [0.717, 1.165) is 29.4 Å². The van der Waals surface area contributed by atoms with Gasteiger partial charge in [-0.1, -0.05) is 31.9 Å². The van der Waals surface area contributed by atoms with Gasteiger partial charge in [-0.05, 0) is 36.8 Å². The molecule has 6 heteroatoms. The molecule has 0 spiro atoms. The summed E-state index contributed by atoms with van der Waals surface area (Å²) in [6, 6.07) is 6.60. The van der Waals surface area contributed by atoms with E-state index in [4.69, 9.17) is 0 Å². The van der Waals surface area contributed by atoms with Gasteiger partial charge in [0.2, 0.25) is 0 Å². The van der Waals surface area contributed by atoms with Gasteiger partial charge in [0, 0.05) is 18.3 Å². The molecule has 4 rings (SSSR count). The third-order valence-corrected chi connectivity index (χ3v) is 5.38. The number of nitrogens with zero attached hydrogens (tertiary/aromatic N) is 4. The molecular weight excluding hydrogens is 341 g/mol. The predicted octanol–water partition coefficient (Wildman–Crippen LogP) is 4.71. The molecule has 0 amide bonds. The van der Waals surface area contributed by atoms with E-state index in [2.05, 4.69) is 27.3 Å². The fraction of sp³-hybridized carbons (Fsp3) is 0.381. The molecule has 0 saturated heterocycles. The van der Waals surface area contributed by atoms with Gasteiger partial charge in [-0.25, -0.2) is 19.0 Å². The average molecular weight is 365 g/mol. The SMILES string of the molecule is CC1CCC(CNc2cncnc2-c2cnn(-c3ccccc3F)c2)CC1. The van der Waals surface area contributed by atoms with Crippen molar-refractivity contribution in [2.45, 2.75) is 32.6 Å². The number of para-hydroxylation sites is 1. The van der Waals surface area contributed by atoms with Crippen LogP contribution in [0, 0.1) is 17.7 Å². The Morgan fingerprint density at radius 3 is 2.78 bits per heavy atom. The summed E-state index contributed by atoms with van der Waals surface area (Å²) in [7, 11) is 0. The quantitative estimate of drug-likeness (QED) is 0.712. The molecule has 0 radical (unpaired) electrons. The molecule has 1 aliphatic rings. The lowest BCUT2D eigenvalue weighted by atomic mass is 9.83. The molecular formula is C21H24FN5. The molecule has 0 unspecified atom stereocenters. The first-order chi connectivity index (χ1) is 13.2. The molecule has 0 atom stereocenters. The molecule has 1 N–H and O–H groups in total. The maximum absolute atomic E-state index is 14.0. The summed E-state index contributed by atoms with van der Waals surface area (Å²) in [6.07, 6.45) is 12.0. The molecule has 27 heavy (non-hydrogen) atoms. The Hall–Kier alpha value is -2.76. The van der Waals surface area contributed by atoms with Gasteiger partial charge in [0.05, 0.1) is 23.8 Å². The molecule has 1 saturated carbocycles. The van der Waals surface area contributed by atoms with Crippen molar-refractivity contribution in [3.8, 4) is 16.9 Å². The number of anilines is 1. The standard InChI is InChI=1S/C21H24FN5/c1-15-6-8-16(9-7-15)10-24-19-12-23-14-25-21(19)17-11-26-27(13-17)20-5-3-2-4-18(20)22/h2-5,11-16,24H,6-10H2,1H3. The molecule has 140 valence electrons. The van der Waals surface area contributed by atoms with E-state index in [-0.39, 0.29) is 5.82 Å². The van der Waals surface area contributed by atoms with Crippen LogP contribution in [0.25, 0.3) is 16.9 Å². The van der Waals surface area contributed by atoms with Gasteiger partial charge in [-0.3, -0.25) is 0 Å². The highest BCUT2D eigenvalue weighted by atomic mass is 19.1. The minimum Gasteiger partial charge on any atom is -0.382 e. The van der Waals surface area contributed by atoms with Crippen LogP contribution in [0.15, 0.2) is 49.2 Å². The highest BCUT2D eigenvalue weighted by Gasteiger charge is 2.19. The van der Waals surface area contributed by atoms with E-state index in [0.29, 0.717) is 11.6 Å². The summed E-state index contributed by atoms with van der Waals surface area (Å²) >= 11 is 0. The van der Waals surface area contributed by atoms with Crippen LogP contribution >= 0.6 is 0 Å². The Morgan fingerprint density at radius 1 is 1.15 bits per heavy atom. The Labute approximate surface area is 158 Å². The number of nitrogens with one attached hydrogen (secondary N) is 1. The summed E-state index contributed by atoms with van der Waals surface area (Å²) in [5, 5.41) is 7.83. The first kappa shape index (κ1) is 17.6. The fourth-order valence-electron chi connectivity index (χ4n) is 3.69. The Kier molecular flexibility index (Phi) is 5.14. The zero-order valence-corrected chi connectivity index (χ0v) is 15.5. The summed E-state index contributed by atoms with van der Waals surface area (Å²) in [5.74, 6) is 1.23. The minimum atomic E-state index is -0.306. The van der Waals surface area contributed by atoms with Crippen molar-refractivity contribution in [1.29, 1.82) is 0 Å². The van der Waals surface area contributed by atoms with Gasteiger partial charge < -0.3 is 5.32 Å². The van der Waals surface area contributed by atoms with Crippen molar-refractivity contribution in [3.05, 3.63) is 55.0 Å². The highest BCUT2D eigenvalue weighted by Crippen LogP contribution is 2.30. The van der Waals surface area contributed by atoms with E-state index in [9.17, 15) is 4.39 Å². The minimum absolute atomic E-state index is 0.306. The number of halogens is 1. The van der Waals surface area contributed by atoms with Crippen LogP contribution in [-0.2, 0) is 0 Å². The van der Waals surface area contributed by atoms with Gasteiger partial charge in [0.1, 0.15) is 17.8 Å². The third kappa shape index (κ3) is 3.99. The normalized spacial score (nSPS) is 19.8. The Morgan fingerprint density at radius 2 is 1.96 bits per heavy atom. The Balaban J connectivity index is 1.52. The van der Waals surface area contributed by atoms with Gasteiger partial charge >= 0.3 is 0 Å². The van der Waals surface area contributed by atoms with E-state index in [1.165, 1.54) is 38.1 Å². The number of hydrogen-bond acceptors (Lipinski definition) is 4. The molecule has 0 bridgehead atoms. The molecule has 1 aliphatic carbocycles. The van der Waals surface area contributed by atoms with Crippen molar-refractivity contribution in [2.75, 3.05) is 11.9 Å². The second-order valence-electron chi connectivity index (χ2n) is 7.42. The van der Waals surface area contributed by atoms with Gasteiger partial charge in [-0.15, -0.1) is 0 Å². The third-order valence-electron chi connectivity index (χ3n) is 5.38. The average Bonchev–Trinajstić information content (AvgIpc) is 3.18. The van der Waals surface area contributed by atoms with Crippen LogP contribution in [0.1, 0.15) is 32.6 Å². The fourth-order valence-corrected chi connectivity index (χ4v) is 3.69. The van der Waals surface area contributed by atoms with Crippen molar-refractivity contribution < 1.29 is 4.39 Å². The van der Waals surface area contributed by atoms with Gasteiger partial charge in [-0.2, -0.15) is 5.10 Å². The maximum Gasteiger partial charge on any atom is 0.148 e. The van der Waals surface area contributed by atoms with Crippen LogP contribution in [-0.4, -0.2) is 26.3 Å². The Bertz CT molecular complexity index is 899. The van der Waals surface area contributed by atoms with Crippen LogP contribution in [0.2, 0.25) is 0 Å². The number of benzene rings is 1. The summed E-state index contributed by atoms with van der Waals surface area (Å²) in [4.78, 5) is 8.60. The zero-order valence-electron chi connectivity index (χ0n) is 15.5. The summed E-state index contributed by atoms with van der Waals surface area (Å²) in [6.45, 7) is 3.26. The largest absolute Gasteiger partial charge is 0.382 e. The second kappa shape index (κ2) is 7.86. The van der Waals surface area contributed by atoms with Gasteiger partial charge in [0.25, 0.3) is 0 Å². The molecule has 5 nitrogen and oxygen atoms in total. The first-order valence-corrected chi connectivity index (χ1v) is 9.54. The number of rotatable bonds is 5. The lowest BCUT2D eigenvalue weighted by Crippen LogP contribution is -2.20. The van der Waals surface area contributed by atoms with E-state index in [1.807, 2.05) is 0 Å². The monoisotopic (exact) mass is 365 g/mol. The lowest BCUT2D eigenvalue weighted by molar-refractivity contribution is 0.300. The van der Waals surface area contributed by atoms with Gasteiger partial charge in [0.15, 0.2) is 0 Å². The van der Waals surface area contributed by atoms with E-state index < -0.39 is 0 Å². The van der Waals surface area contributed by atoms with Crippen LogP contribution < -0.4 is 5.32 Å². The number of aromatic nitrogens is 4. The summed E-state index contributed by atoms with van der Waals surface area (Å²) < 4.78 is 15.6. The first-order valence-electron chi connectivity index (χ1n) is 9.54. The predicted molar refractivity (Wildman–Crippen MR) is 104 cm³/mol. The molecule has 2 heterocycles. The number of hydrogen-bond donors (Lipinski definition) is 1. The van der Waals surface area contributed by atoms with Crippen LogP contribution in [0.5, 0.6) is 0 Å². The molecule has 2 aromatic heterocycles.